The Hall–Kier alpha value is -4.07. The van der Waals surface area contributed by atoms with E-state index in [-0.39, 0.29) is 5.69 Å². The summed E-state index contributed by atoms with van der Waals surface area (Å²) >= 11 is 0. The molecule has 30 heavy (non-hydrogen) atoms. The summed E-state index contributed by atoms with van der Waals surface area (Å²) in [6.45, 7) is 1.41. The van der Waals surface area contributed by atoms with Crippen molar-refractivity contribution in [2.75, 3.05) is 12.4 Å². The number of para-hydroxylation sites is 1. The highest BCUT2D eigenvalue weighted by Crippen LogP contribution is 2.36. The molecule has 152 valence electrons. The number of fused-ring (bicyclic) bond motifs is 3. The third kappa shape index (κ3) is 3.50. The lowest BCUT2D eigenvalue weighted by molar-refractivity contribution is -0.608. The van der Waals surface area contributed by atoms with Crippen LogP contribution in [-0.2, 0) is 9.53 Å². The van der Waals surface area contributed by atoms with Gasteiger partial charge in [0, 0.05) is 29.0 Å². The Kier molecular flexibility index (Phi) is 4.97. The molecule has 0 bridgehead atoms. The fourth-order valence-corrected chi connectivity index (χ4v) is 3.11. The van der Waals surface area contributed by atoms with Gasteiger partial charge in [0.1, 0.15) is 16.9 Å². The first-order valence-corrected chi connectivity index (χ1v) is 9.17. The summed E-state index contributed by atoms with van der Waals surface area (Å²) in [5, 5.41) is 16.1. The van der Waals surface area contributed by atoms with Gasteiger partial charge in [-0.1, -0.05) is 18.2 Å². The molecule has 0 aliphatic rings. The Labute approximate surface area is 171 Å². The van der Waals surface area contributed by atoms with Crippen molar-refractivity contribution in [2.45, 2.75) is 13.0 Å². The van der Waals surface area contributed by atoms with Crippen LogP contribution in [0.3, 0.4) is 0 Å². The molecule has 0 aliphatic heterocycles. The van der Waals surface area contributed by atoms with E-state index >= 15 is 0 Å². The van der Waals surface area contributed by atoms with Crippen molar-refractivity contribution in [3.05, 3.63) is 71.7 Å². The predicted molar refractivity (Wildman–Crippen MR) is 109 cm³/mol. The third-order valence-electron chi connectivity index (χ3n) is 4.64. The Bertz CT molecular complexity index is 1260. The molecule has 2 aromatic heterocycles. The zero-order chi connectivity index (χ0) is 21.3. The number of aromatic nitrogens is 1. The average molecular weight is 406 g/mol. The SMILES string of the molecule is COc1cc2c(cc1NC(=O)[C@H](C)OC(=O)c1cccc[n+]1[O-])oc1ccccc12. The van der Waals surface area contributed by atoms with Gasteiger partial charge in [-0.25, -0.2) is 4.79 Å². The number of furan rings is 1. The number of ether oxygens (including phenoxy) is 2. The lowest BCUT2D eigenvalue weighted by atomic mass is 10.1. The summed E-state index contributed by atoms with van der Waals surface area (Å²) in [7, 11) is 1.49. The summed E-state index contributed by atoms with van der Waals surface area (Å²) in [5.74, 6) is -1.04. The normalized spacial score (nSPS) is 11.9. The fourth-order valence-electron chi connectivity index (χ4n) is 3.11. The quantitative estimate of drug-likeness (QED) is 0.309. The number of carbonyl (C=O) groups excluding carboxylic acids is 2. The second kappa shape index (κ2) is 7.75. The molecule has 1 atom stereocenters. The van der Waals surface area contributed by atoms with E-state index in [2.05, 4.69) is 5.32 Å². The minimum absolute atomic E-state index is 0.210. The minimum atomic E-state index is -1.14. The van der Waals surface area contributed by atoms with Gasteiger partial charge in [-0.05, 0) is 25.1 Å². The second-order valence-electron chi connectivity index (χ2n) is 6.60. The number of benzene rings is 2. The van der Waals surface area contributed by atoms with E-state index in [0.717, 1.165) is 10.8 Å². The molecular formula is C22H18N2O6. The van der Waals surface area contributed by atoms with E-state index in [0.29, 0.717) is 27.3 Å². The maximum atomic E-state index is 12.6. The molecular weight excluding hydrogens is 388 g/mol. The smallest absolute Gasteiger partial charge is 0.405 e. The molecule has 0 aliphatic carbocycles. The van der Waals surface area contributed by atoms with Crippen LogP contribution in [0.15, 0.2) is 65.2 Å². The van der Waals surface area contributed by atoms with Crippen LogP contribution < -0.4 is 14.8 Å². The highest BCUT2D eigenvalue weighted by atomic mass is 16.6. The van der Waals surface area contributed by atoms with E-state index in [1.807, 2.05) is 24.3 Å². The molecule has 4 rings (SSSR count). The first-order chi connectivity index (χ1) is 14.5. The predicted octanol–water partition coefficient (Wildman–Crippen LogP) is 3.41. The number of amides is 1. The number of nitrogens with zero attached hydrogens (tertiary/aromatic N) is 1. The van der Waals surface area contributed by atoms with Gasteiger partial charge >= 0.3 is 11.7 Å². The number of hydrogen-bond acceptors (Lipinski definition) is 6. The first-order valence-electron chi connectivity index (χ1n) is 9.17. The third-order valence-corrected chi connectivity index (χ3v) is 4.64. The highest BCUT2D eigenvalue weighted by Gasteiger charge is 2.25. The van der Waals surface area contributed by atoms with Crippen molar-refractivity contribution in [2.24, 2.45) is 0 Å². The number of hydrogen-bond donors (Lipinski definition) is 1. The van der Waals surface area contributed by atoms with Crippen LogP contribution in [-0.4, -0.2) is 25.1 Å². The zero-order valence-corrected chi connectivity index (χ0v) is 16.2. The number of methoxy groups -OCH3 is 1. The molecule has 2 heterocycles. The van der Waals surface area contributed by atoms with Crippen molar-refractivity contribution in [3.8, 4) is 5.75 Å². The van der Waals surface area contributed by atoms with Crippen LogP contribution in [0.5, 0.6) is 5.75 Å². The van der Waals surface area contributed by atoms with Crippen LogP contribution >= 0.6 is 0 Å². The fraction of sp³-hybridized carbons (Fsp3) is 0.136. The van der Waals surface area contributed by atoms with Crippen molar-refractivity contribution in [1.29, 1.82) is 0 Å². The molecule has 8 heteroatoms. The molecule has 0 unspecified atom stereocenters. The second-order valence-corrected chi connectivity index (χ2v) is 6.60. The monoisotopic (exact) mass is 406 g/mol. The Morgan fingerprint density at radius 1 is 1.07 bits per heavy atom. The van der Waals surface area contributed by atoms with Gasteiger partial charge in [0.25, 0.3) is 5.91 Å². The van der Waals surface area contributed by atoms with Gasteiger partial charge in [-0.2, -0.15) is 4.73 Å². The van der Waals surface area contributed by atoms with Crippen LogP contribution in [0, 0.1) is 5.21 Å². The maximum absolute atomic E-state index is 12.6. The number of nitrogens with one attached hydrogen (secondary N) is 1. The molecule has 1 N–H and O–H groups in total. The molecule has 0 spiro atoms. The van der Waals surface area contributed by atoms with Crippen LogP contribution in [0.4, 0.5) is 5.69 Å². The van der Waals surface area contributed by atoms with Gasteiger partial charge in [0.05, 0.1) is 12.8 Å². The Morgan fingerprint density at radius 2 is 1.83 bits per heavy atom. The van der Waals surface area contributed by atoms with Crippen molar-refractivity contribution < 1.29 is 28.2 Å². The van der Waals surface area contributed by atoms with Gasteiger partial charge in [-0.15, -0.1) is 0 Å². The molecule has 8 nitrogen and oxygen atoms in total. The van der Waals surface area contributed by atoms with Crippen LogP contribution in [0.1, 0.15) is 17.4 Å². The van der Waals surface area contributed by atoms with E-state index in [1.165, 1.54) is 38.4 Å². The number of carbonyl (C=O) groups is 2. The molecule has 4 aromatic rings. The van der Waals surface area contributed by atoms with Crippen molar-refractivity contribution in [1.82, 2.24) is 0 Å². The summed E-state index contributed by atoms with van der Waals surface area (Å²) in [6.07, 6.45) is 0.0307. The number of esters is 1. The number of rotatable bonds is 5. The standard InChI is InChI=1S/C22H18N2O6/c1-13(29-22(26)17-8-5-6-10-24(17)27)21(25)23-16-12-19-15(11-20(16)28-2)14-7-3-4-9-18(14)30-19/h3-13H,1-2H3,(H,23,25)/t13-/m0/s1. The lowest BCUT2D eigenvalue weighted by Gasteiger charge is -2.15. The topological polar surface area (TPSA) is 105 Å². The van der Waals surface area contributed by atoms with Gasteiger partial charge < -0.3 is 24.4 Å². The van der Waals surface area contributed by atoms with Gasteiger partial charge in [0.15, 0.2) is 12.3 Å². The average Bonchev–Trinajstić information content (AvgIpc) is 3.10. The zero-order valence-electron chi connectivity index (χ0n) is 16.2. The van der Waals surface area contributed by atoms with Crippen molar-refractivity contribution in [3.63, 3.8) is 0 Å². The minimum Gasteiger partial charge on any atom is -0.618 e. The largest absolute Gasteiger partial charge is 0.618 e. The highest BCUT2D eigenvalue weighted by molar-refractivity contribution is 6.08. The molecule has 2 aromatic carbocycles. The van der Waals surface area contributed by atoms with Crippen LogP contribution in [0.2, 0.25) is 0 Å². The van der Waals surface area contributed by atoms with E-state index in [1.54, 1.807) is 12.1 Å². The molecule has 0 fully saturated rings. The number of pyridine rings is 1. The van der Waals surface area contributed by atoms with Crippen molar-refractivity contribution >= 4 is 39.5 Å². The first kappa shape index (κ1) is 19.3. The van der Waals surface area contributed by atoms with E-state index in [9.17, 15) is 14.8 Å². The summed E-state index contributed by atoms with van der Waals surface area (Å²) in [4.78, 5) is 24.7. The van der Waals surface area contributed by atoms with Gasteiger partial charge in [-0.3, -0.25) is 4.79 Å². The molecule has 0 saturated carbocycles. The Morgan fingerprint density at radius 3 is 2.60 bits per heavy atom. The van der Waals surface area contributed by atoms with Gasteiger partial charge in [0.2, 0.25) is 0 Å². The summed E-state index contributed by atoms with van der Waals surface area (Å²) in [6, 6.07) is 15.3. The van der Waals surface area contributed by atoms with Crippen LogP contribution in [0.25, 0.3) is 21.9 Å². The molecule has 1 amide bonds. The molecule has 0 radical (unpaired) electrons. The summed E-state index contributed by atoms with van der Waals surface area (Å²) < 4.78 is 16.8. The number of anilines is 1. The maximum Gasteiger partial charge on any atom is 0.405 e. The lowest BCUT2D eigenvalue weighted by Crippen LogP contribution is -2.37. The molecule has 0 saturated heterocycles. The Balaban J connectivity index is 1.56. The summed E-state index contributed by atoms with van der Waals surface area (Å²) in [5.41, 5.74) is 1.46. The van der Waals surface area contributed by atoms with E-state index in [4.69, 9.17) is 13.9 Å². The van der Waals surface area contributed by atoms with E-state index < -0.39 is 18.0 Å².